The second-order valence-corrected chi connectivity index (χ2v) is 8.35. The van der Waals surface area contributed by atoms with Gasteiger partial charge >= 0.3 is 0 Å². The predicted molar refractivity (Wildman–Crippen MR) is 113 cm³/mol. The highest BCUT2D eigenvalue weighted by molar-refractivity contribution is 7.92. The first-order chi connectivity index (χ1) is 13.8. The normalized spacial score (nSPS) is 11.3. The molecule has 2 rings (SSSR count). The average Bonchev–Trinajstić information content (AvgIpc) is 2.69. The highest BCUT2D eigenvalue weighted by atomic mass is 32.2. The van der Waals surface area contributed by atoms with Crippen molar-refractivity contribution in [2.24, 2.45) is 0 Å². The molecule has 2 aromatic rings. The fraction of sp³-hybridized carbons (Fsp3) is 0.381. The van der Waals surface area contributed by atoms with Crippen LogP contribution in [0.15, 0.2) is 47.4 Å². The van der Waals surface area contributed by atoms with E-state index in [-0.39, 0.29) is 10.8 Å². The Bertz CT molecular complexity index is 911. The van der Waals surface area contributed by atoms with Crippen molar-refractivity contribution in [2.45, 2.75) is 25.2 Å². The van der Waals surface area contributed by atoms with Crippen molar-refractivity contribution in [3.63, 3.8) is 0 Å². The molecule has 0 saturated carbocycles. The van der Waals surface area contributed by atoms with Crippen LogP contribution < -0.4 is 10.0 Å². The molecular formula is C21H28N2O5S. The molecular weight excluding hydrogens is 392 g/mol. The standard InChI is InChI=1S/C21H28N2O5S/c1-16-5-8-18(9-6-16)23-29(25,26)19-10-7-17(2)20(15-19)21(24)22-11-4-12-28-14-13-27-3/h5-10,15,23H,4,11-14H2,1-3H3,(H,22,24). The minimum atomic E-state index is -3.80. The van der Waals surface area contributed by atoms with Crippen LogP contribution in [0.25, 0.3) is 0 Å². The number of aryl methyl sites for hydroxylation is 2. The quantitative estimate of drug-likeness (QED) is 0.545. The van der Waals surface area contributed by atoms with Crippen LogP contribution in [0, 0.1) is 13.8 Å². The van der Waals surface area contributed by atoms with E-state index < -0.39 is 10.0 Å². The number of anilines is 1. The van der Waals surface area contributed by atoms with Crippen molar-refractivity contribution >= 4 is 21.6 Å². The topological polar surface area (TPSA) is 93.7 Å². The van der Waals surface area contributed by atoms with E-state index in [0.29, 0.717) is 49.6 Å². The highest BCUT2D eigenvalue weighted by Gasteiger charge is 2.18. The van der Waals surface area contributed by atoms with Gasteiger partial charge in [0, 0.05) is 31.5 Å². The molecule has 0 heterocycles. The lowest BCUT2D eigenvalue weighted by Crippen LogP contribution is -2.26. The molecule has 2 aromatic carbocycles. The van der Waals surface area contributed by atoms with Gasteiger partial charge in [-0.05, 0) is 50.1 Å². The number of ether oxygens (including phenoxy) is 2. The lowest BCUT2D eigenvalue weighted by molar-refractivity contribution is 0.0688. The van der Waals surface area contributed by atoms with Crippen LogP contribution in [0.1, 0.15) is 27.9 Å². The Morgan fingerprint density at radius 1 is 1.00 bits per heavy atom. The number of sulfonamides is 1. The predicted octanol–water partition coefficient (Wildman–Crippen LogP) is 2.89. The first kappa shape index (κ1) is 22.9. The summed E-state index contributed by atoms with van der Waals surface area (Å²) in [7, 11) is -2.19. The van der Waals surface area contributed by atoms with E-state index in [1.54, 1.807) is 32.2 Å². The second-order valence-electron chi connectivity index (χ2n) is 6.66. The molecule has 0 bridgehead atoms. The minimum Gasteiger partial charge on any atom is -0.382 e. The van der Waals surface area contributed by atoms with Crippen LogP contribution in [0.2, 0.25) is 0 Å². The van der Waals surface area contributed by atoms with Crippen molar-refractivity contribution in [1.29, 1.82) is 0 Å². The Morgan fingerprint density at radius 3 is 2.41 bits per heavy atom. The minimum absolute atomic E-state index is 0.0386. The summed E-state index contributed by atoms with van der Waals surface area (Å²) in [5, 5.41) is 2.80. The summed E-state index contributed by atoms with van der Waals surface area (Å²) in [6.07, 6.45) is 0.654. The van der Waals surface area contributed by atoms with Crippen LogP contribution in [0.4, 0.5) is 5.69 Å². The van der Waals surface area contributed by atoms with E-state index in [2.05, 4.69) is 10.0 Å². The zero-order valence-corrected chi connectivity index (χ0v) is 17.8. The van der Waals surface area contributed by atoms with Gasteiger partial charge in [-0.3, -0.25) is 9.52 Å². The van der Waals surface area contributed by atoms with Gasteiger partial charge in [0.1, 0.15) is 0 Å². The summed E-state index contributed by atoms with van der Waals surface area (Å²) in [5.41, 5.74) is 2.53. The van der Waals surface area contributed by atoms with E-state index in [4.69, 9.17) is 9.47 Å². The van der Waals surface area contributed by atoms with Gasteiger partial charge < -0.3 is 14.8 Å². The van der Waals surface area contributed by atoms with Gasteiger partial charge in [0.2, 0.25) is 0 Å². The number of methoxy groups -OCH3 is 1. The lowest BCUT2D eigenvalue weighted by atomic mass is 10.1. The van der Waals surface area contributed by atoms with E-state index in [1.807, 2.05) is 19.1 Å². The number of carbonyl (C=O) groups excluding carboxylic acids is 1. The number of amides is 1. The Hall–Kier alpha value is -2.42. The lowest BCUT2D eigenvalue weighted by Gasteiger charge is -2.12. The summed E-state index contributed by atoms with van der Waals surface area (Å²) in [6.45, 7) is 5.68. The Kier molecular flexibility index (Phi) is 8.63. The molecule has 1 amide bonds. The number of hydrogen-bond acceptors (Lipinski definition) is 5. The van der Waals surface area contributed by atoms with E-state index in [9.17, 15) is 13.2 Å². The van der Waals surface area contributed by atoms with E-state index in [1.165, 1.54) is 12.1 Å². The monoisotopic (exact) mass is 420 g/mol. The van der Waals surface area contributed by atoms with E-state index in [0.717, 1.165) is 5.56 Å². The summed E-state index contributed by atoms with van der Waals surface area (Å²) in [5.74, 6) is -0.313. The summed E-state index contributed by atoms with van der Waals surface area (Å²) in [4.78, 5) is 12.5. The first-order valence-electron chi connectivity index (χ1n) is 9.38. The van der Waals surface area contributed by atoms with Crippen molar-refractivity contribution in [3.8, 4) is 0 Å². The SMILES string of the molecule is COCCOCCCNC(=O)c1cc(S(=O)(=O)Nc2ccc(C)cc2)ccc1C. The van der Waals surface area contributed by atoms with Crippen LogP contribution in [-0.2, 0) is 19.5 Å². The van der Waals surface area contributed by atoms with Gasteiger partial charge in [-0.15, -0.1) is 0 Å². The molecule has 0 aliphatic rings. The van der Waals surface area contributed by atoms with Gasteiger partial charge in [-0.25, -0.2) is 8.42 Å². The maximum Gasteiger partial charge on any atom is 0.261 e. The average molecular weight is 421 g/mol. The maximum absolute atomic E-state index is 12.7. The summed E-state index contributed by atoms with van der Waals surface area (Å²) >= 11 is 0. The van der Waals surface area contributed by atoms with E-state index >= 15 is 0 Å². The molecule has 2 N–H and O–H groups in total. The largest absolute Gasteiger partial charge is 0.382 e. The van der Waals surface area contributed by atoms with Crippen LogP contribution >= 0.6 is 0 Å². The van der Waals surface area contributed by atoms with Gasteiger partial charge in [0.05, 0.1) is 18.1 Å². The molecule has 0 unspecified atom stereocenters. The molecule has 158 valence electrons. The summed E-state index contributed by atoms with van der Waals surface area (Å²) in [6, 6.07) is 11.6. The van der Waals surface area contributed by atoms with Gasteiger partial charge in [0.15, 0.2) is 0 Å². The third-order valence-corrected chi connectivity index (χ3v) is 5.63. The van der Waals surface area contributed by atoms with Gasteiger partial charge in [-0.1, -0.05) is 23.8 Å². The second kappa shape index (κ2) is 10.9. The number of rotatable bonds is 11. The zero-order valence-electron chi connectivity index (χ0n) is 17.0. The molecule has 0 atom stereocenters. The Morgan fingerprint density at radius 2 is 1.72 bits per heavy atom. The van der Waals surface area contributed by atoms with Gasteiger partial charge in [0.25, 0.3) is 15.9 Å². The molecule has 0 radical (unpaired) electrons. The fourth-order valence-electron chi connectivity index (χ4n) is 2.56. The molecule has 0 fully saturated rings. The third-order valence-electron chi connectivity index (χ3n) is 4.25. The smallest absolute Gasteiger partial charge is 0.261 e. The molecule has 0 saturated heterocycles. The van der Waals surface area contributed by atoms with Crippen LogP contribution in [-0.4, -0.2) is 47.8 Å². The van der Waals surface area contributed by atoms with Gasteiger partial charge in [-0.2, -0.15) is 0 Å². The van der Waals surface area contributed by atoms with Crippen molar-refractivity contribution in [1.82, 2.24) is 5.32 Å². The molecule has 0 aliphatic heterocycles. The number of hydrogen-bond donors (Lipinski definition) is 2. The van der Waals surface area contributed by atoms with Crippen LogP contribution in [0.5, 0.6) is 0 Å². The molecule has 0 spiro atoms. The molecule has 8 heteroatoms. The molecule has 0 aliphatic carbocycles. The highest BCUT2D eigenvalue weighted by Crippen LogP contribution is 2.19. The fourth-order valence-corrected chi connectivity index (χ4v) is 3.65. The summed E-state index contributed by atoms with van der Waals surface area (Å²) < 4.78 is 38.2. The Labute approximate surface area is 172 Å². The van der Waals surface area contributed by atoms with Crippen molar-refractivity contribution in [3.05, 3.63) is 59.2 Å². The van der Waals surface area contributed by atoms with Crippen molar-refractivity contribution < 1.29 is 22.7 Å². The van der Waals surface area contributed by atoms with Crippen molar-refractivity contribution in [2.75, 3.05) is 38.2 Å². The molecule has 7 nitrogen and oxygen atoms in total. The maximum atomic E-state index is 12.7. The molecule has 0 aromatic heterocycles. The zero-order chi connectivity index (χ0) is 21.3. The third kappa shape index (κ3) is 7.16. The Balaban J connectivity index is 2.00. The van der Waals surface area contributed by atoms with Crippen LogP contribution in [0.3, 0.4) is 0 Å². The first-order valence-corrected chi connectivity index (χ1v) is 10.9. The number of nitrogens with one attached hydrogen (secondary N) is 2. The molecule has 29 heavy (non-hydrogen) atoms. The number of carbonyl (C=O) groups is 1. The number of benzene rings is 2.